The first-order chi connectivity index (χ1) is 6.68. The van der Waals surface area contributed by atoms with Gasteiger partial charge in [-0.25, -0.2) is 4.98 Å². The highest BCUT2D eigenvalue weighted by molar-refractivity contribution is 5.96. The quantitative estimate of drug-likeness (QED) is 0.681. The Morgan fingerprint density at radius 3 is 2.86 bits per heavy atom. The molecule has 1 aromatic heterocycles. The highest BCUT2D eigenvalue weighted by atomic mass is 16.1. The predicted molar refractivity (Wildman–Crippen MR) is 53.4 cm³/mol. The molecule has 0 saturated carbocycles. The van der Waals surface area contributed by atoms with Crippen molar-refractivity contribution in [2.45, 2.75) is 39.0 Å². The molecule has 0 N–H and O–H groups in total. The van der Waals surface area contributed by atoms with Crippen molar-refractivity contribution in [1.29, 1.82) is 0 Å². The minimum Gasteiger partial charge on any atom is -0.292 e. The van der Waals surface area contributed by atoms with E-state index in [1.165, 1.54) is 0 Å². The maximum absolute atomic E-state index is 11.5. The highest BCUT2D eigenvalue weighted by Gasteiger charge is 2.20. The van der Waals surface area contributed by atoms with Gasteiger partial charge in [-0.3, -0.25) is 9.78 Å². The molecule has 2 rings (SSSR count). The fourth-order valence-electron chi connectivity index (χ4n) is 1.66. The van der Waals surface area contributed by atoms with Crippen molar-refractivity contribution in [2.24, 2.45) is 0 Å². The monoisotopic (exact) mass is 190 g/mol. The molecule has 1 aliphatic rings. The fraction of sp³-hybridized carbons (Fsp3) is 0.545. The van der Waals surface area contributed by atoms with E-state index in [2.05, 4.69) is 23.8 Å². The molecule has 0 bridgehead atoms. The van der Waals surface area contributed by atoms with E-state index in [1.54, 1.807) is 6.20 Å². The Balaban J connectivity index is 2.44. The van der Waals surface area contributed by atoms with E-state index < -0.39 is 0 Å². The standard InChI is InChI=1S/C11H14N2O/c1-7(2)9-6-12-11-8(13-9)4-3-5-10(11)14/h6-7H,3-5H2,1-2H3. The SMILES string of the molecule is CC(C)c1cnc2c(n1)CCCC2=O. The van der Waals surface area contributed by atoms with Gasteiger partial charge in [0.25, 0.3) is 0 Å². The molecule has 0 amide bonds. The summed E-state index contributed by atoms with van der Waals surface area (Å²) < 4.78 is 0. The van der Waals surface area contributed by atoms with Crippen LogP contribution in [0.25, 0.3) is 0 Å². The van der Waals surface area contributed by atoms with Crippen LogP contribution in [0.5, 0.6) is 0 Å². The van der Waals surface area contributed by atoms with Crippen LogP contribution in [-0.4, -0.2) is 15.8 Å². The Bertz CT molecular complexity index is 372. The maximum Gasteiger partial charge on any atom is 0.183 e. The molecule has 1 heterocycles. The average molecular weight is 190 g/mol. The van der Waals surface area contributed by atoms with E-state index in [0.29, 0.717) is 18.0 Å². The van der Waals surface area contributed by atoms with E-state index >= 15 is 0 Å². The van der Waals surface area contributed by atoms with Crippen LogP contribution in [0, 0.1) is 0 Å². The first-order valence-corrected chi connectivity index (χ1v) is 5.07. The van der Waals surface area contributed by atoms with Crippen LogP contribution < -0.4 is 0 Å². The number of ketones is 1. The molecule has 1 aliphatic carbocycles. The third kappa shape index (κ3) is 1.54. The molecule has 0 radical (unpaired) electrons. The number of nitrogens with zero attached hydrogens (tertiary/aromatic N) is 2. The summed E-state index contributed by atoms with van der Waals surface area (Å²) in [4.78, 5) is 20.2. The first kappa shape index (κ1) is 9.31. The molecule has 0 spiro atoms. The van der Waals surface area contributed by atoms with Gasteiger partial charge in [0, 0.05) is 12.6 Å². The van der Waals surface area contributed by atoms with Crippen LogP contribution in [0.3, 0.4) is 0 Å². The number of carbonyl (C=O) groups is 1. The van der Waals surface area contributed by atoms with Crippen LogP contribution >= 0.6 is 0 Å². The number of carbonyl (C=O) groups excluding carboxylic acids is 1. The second-order valence-electron chi connectivity index (χ2n) is 4.02. The molecule has 0 aliphatic heterocycles. The molecule has 0 fully saturated rings. The van der Waals surface area contributed by atoms with Crippen molar-refractivity contribution in [3.05, 3.63) is 23.3 Å². The van der Waals surface area contributed by atoms with Crippen LogP contribution in [0.15, 0.2) is 6.20 Å². The van der Waals surface area contributed by atoms with Gasteiger partial charge in [0.05, 0.1) is 11.4 Å². The lowest BCUT2D eigenvalue weighted by Gasteiger charge is -2.14. The summed E-state index contributed by atoms with van der Waals surface area (Å²) in [5, 5.41) is 0. The van der Waals surface area contributed by atoms with Crippen molar-refractivity contribution in [1.82, 2.24) is 9.97 Å². The summed E-state index contributed by atoms with van der Waals surface area (Å²) in [7, 11) is 0. The Morgan fingerprint density at radius 2 is 2.14 bits per heavy atom. The number of rotatable bonds is 1. The average Bonchev–Trinajstić information content (AvgIpc) is 2.17. The van der Waals surface area contributed by atoms with Crippen molar-refractivity contribution in [2.75, 3.05) is 0 Å². The van der Waals surface area contributed by atoms with Gasteiger partial charge in [-0.1, -0.05) is 13.8 Å². The van der Waals surface area contributed by atoms with E-state index in [1.807, 2.05) is 0 Å². The van der Waals surface area contributed by atoms with Crippen molar-refractivity contribution >= 4 is 5.78 Å². The molecular formula is C11H14N2O. The topological polar surface area (TPSA) is 42.9 Å². The molecule has 74 valence electrons. The zero-order valence-electron chi connectivity index (χ0n) is 8.58. The van der Waals surface area contributed by atoms with Crippen LogP contribution in [0.2, 0.25) is 0 Å². The summed E-state index contributed by atoms with van der Waals surface area (Å²) in [6.45, 7) is 4.17. The van der Waals surface area contributed by atoms with Gasteiger partial charge in [0.15, 0.2) is 5.78 Å². The lowest BCUT2D eigenvalue weighted by atomic mass is 9.98. The second-order valence-corrected chi connectivity index (χ2v) is 4.02. The number of aryl methyl sites for hydroxylation is 1. The van der Waals surface area contributed by atoms with Crippen molar-refractivity contribution in [3.8, 4) is 0 Å². The summed E-state index contributed by atoms with van der Waals surface area (Å²) >= 11 is 0. The van der Waals surface area contributed by atoms with Crippen LogP contribution in [0.1, 0.15) is 54.5 Å². The Kier molecular flexibility index (Phi) is 2.32. The number of Topliss-reactive ketones (excluding diaryl/α,β-unsaturated/α-hetero) is 1. The molecule has 1 aromatic rings. The minimum atomic E-state index is 0.147. The lowest BCUT2D eigenvalue weighted by Crippen LogP contribution is -2.16. The highest BCUT2D eigenvalue weighted by Crippen LogP contribution is 2.19. The van der Waals surface area contributed by atoms with E-state index in [0.717, 1.165) is 24.2 Å². The molecular weight excluding hydrogens is 176 g/mol. The third-order valence-corrected chi connectivity index (χ3v) is 2.54. The summed E-state index contributed by atoms with van der Waals surface area (Å²) in [5.41, 5.74) is 2.48. The molecule has 0 aromatic carbocycles. The Labute approximate surface area is 83.6 Å². The van der Waals surface area contributed by atoms with Gasteiger partial charge in [-0.15, -0.1) is 0 Å². The molecule has 0 atom stereocenters. The van der Waals surface area contributed by atoms with Gasteiger partial charge >= 0.3 is 0 Å². The Hall–Kier alpha value is -1.25. The van der Waals surface area contributed by atoms with Crippen molar-refractivity contribution < 1.29 is 4.79 Å². The number of hydrogen-bond donors (Lipinski definition) is 0. The zero-order chi connectivity index (χ0) is 10.1. The maximum atomic E-state index is 11.5. The first-order valence-electron chi connectivity index (χ1n) is 5.07. The second kappa shape index (κ2) is 3.48. The number of aromatic nitrogens is 2. The normalized spacial score (nSPS) is 15.8. The smallest absolute Gasteiger partial charge is 0.183 e. The van der Waals surface area contributed by atoms with Gasteiger partial charge in [0.2, 0.25) is 0 Å². The molecule has 0 unspecified atom stereocenters. The molecule has 3 heteroatoms. The largest absolute Gasteiger partial charge is 0.292 e. The molecule has 14 heavy (non-hydrogen) atoms. The molecule has 0 saturated heterocycles. The van der Waals surface area contributed by atoms with Crippen LogP contribution in [-0.2, 0) is 6.42 Å². The van der Waals surface area contributed by atoms with E-state index in [-0.39, 0.29) is 5.78 Å². The lowest BCUT2D eigenvalue weighted by molar-refractivity contribution is 0.0966. The summed E-state index contributed by atoms with van der Waals surface area (Å²) in [6.07, 6.45) is 4.17. The summed E-state index contributed by atoms with van der Waals surface area (Å²) in [5.74, 6) is 0.527. The zero-order valence-corrected chi connectivity index (χ0v) is 8.58. The van der Waals surface area contributed by atoms with Gasteiger partial charge in [-0.05, 0) is 18.8 Å². The Morgan fingerprint density at radius 1 is 1.36 bits per heavy atom. The van der Waals surface area contributed by atoms with Gasteiger partial charge in [0.1, 0.15) is 5.69 Å². The third-order valence-electron chi connectivity index (χ3n) is 2.54. The van der Waals surface area contributed by atoms with E-state index in [9.17, 15) is 4.79 Å². The molecule has 3 nitrogen and oxygen atoms in total. The fourth-order valence-corrected chi connectivity index (χ4v) is 1.66. The van der Waals surface area contributed by atoms with Crippen molar-refractivity contribution in [3.63, 3.8) is 0 Å². The minimum absolute atomic E-state index is 0.147. The van der Waals surface area contributed by atoms with Crippen LogP contribution in [0.4, 0.5) is 0 Å². The van der Waals surface area contributed by atoms with E-state index in [4.69, 9.17) is 0 Å². The summed E-state index contributed by atoms with van der Waals surface area (Å²) in [6, 6.07) is 0. The van der Waals surface area contributed by atoms with Gasteiger partial charge in [-0.2, -0.15) is 0 Å². The van der Waals surface area contributed by atoms with Gasteiger partial charge < -0.3 is 0 Å². The number of hydrogen-bond acceptors (Lipinski definition) is 3. The number of fused-ring (bicyclic) bond motifs is 1. The predicted octanol–water partition coefficient (Wildman–Crippen LogP) is 2.12.